The second-order valence-electron chi connectivity index (χ2n) is 5.26. The Bertz CT molecular complexity index is 158. The van der Waals surface area contributed by atoms with E-state index in [4.69, 9.17) is 5.73 Å². The average Bonchev–Trinajstić information content (AvgIpc) is 2.19. The highest BCUT2D eigenvalue weighted by Crippen LogP contribution is 2.32. The third-order valence-electron chi connectivity index (χ3n) is 3.22. The first-order chi connectivity index (χ1) is 6.97. The fourth-order valence-corrected chi connectivity index (χ4v) is 1.95. The molecule has 1 aliphatic carbocycles. The molecule has 0 radical (unpaired) electrons. The van der Waals surface area contributed by atoms with Crippen molar-refractivity contribution in [2.75, 3.05) is 0 Å². The molecule has 1 rings (SSSR count). The van der Waals surface area contributed by atoms with Gasteiger partial charge in [0, 0.05) is 0 Å². The van der Waals surface area contributed by atoms with Crippen LogP contribution in [0.1, 0.15) is 53.4 Å². The van der Waals surface area contributed by atoms with Crippen molar-refractivity contribution < 1.29 is 4.79 Å². The predicted octanol–water partition coefficient (Wildman–Crippen LogP) is 3.00. The summed E-state index contributed by atoms with van der Waals surface area (Å²) in [6.45, 7) is 8.74. The smallest absolute Gasteiger partial charge is 0.136 e. The monoisotopic (exact) mass is 213 g/mol. The number of aldehydes is 1. The summed E-state index contributed by atoms with van der Waals surface area (Å²) in [5.74, 6) is 2.97. The summed E-state index contributed by atoms with van der Waals surface area (Å²) in [4.78, 5) is 9.38. The van der Waals surface area contributed by atoms with Gasteiger partial charge >= 0.3 is 0 Å². The zero-order valence-corrected chi connectivity index (χ0v) is 10.7. The Morgan fingerprint density at radius 3 is 1.80 bits per heavy atom. The van der Waals surface area contributed by atoms with E-state index >= 15 is 0 Å². The van der Waals surface area contributed by atoms with Crippen molar-refractivity contribution in [3.63, 3.8) is 0 Å². The van der Waals surface area contributed by atoms with Crippen LogP contribution in [0.2, 0.25) is 0 Å². The molecule has 0 spiro atoms. The molecule has 0 aliphatic heterocycles. The van der Waals surface area contributed by atoms with Crippen LogP contribution in [0, 0.1) is 17.8 Å². The molecule has 1 saturated carbocycles. The van der Waals surface area contributed by atoms with Crippen molar-refractivity contribution in [3.8, 4) is 0 Å². The molecule has 0 heterocycles. The van der Waals surface area contributed by atoms with Gasteiger partial charge in [-0.15, -0.1) is 0 Å². The van der Waals surface area contributed by atoms with Crippen molar-refractivity contribution in [2.45, 2.75) is 59.4 Å². The molecule has 0 aromatic carbocycles. The highest BCUT2D eigenvalue weighted by Gasteiger charge is 2.19. The van der Waals surface area contributed by atoms with Crippen LogP contribution in [-0.4, -0.2) is 12.3 Å². The van der Waals surface area contributed by atoms with Crippen LogP contribution in [0.5, 0.6) is 0 Å². The molecule has 0 bridgehead atoms. The maximum Gasteiger partial charge on any atom is 0.136 e. The van der Waals surface area contributed by atoms with Gasteiger partial charge in [-0.2, -0.15) is 0 Å². The van der Waals surface area contributed by atoms with Gasteiger partial charge in [0.05, 0.1) is 6.04 Å². The van der Waals surface area contributed by atoms with Gasteiger partial charge in [0.2, 0.25) is 0 Å². The van der Waals surface area contributed by atoms with E-state index in [-0.39, 0.29) is 6.04 Å². The van der Waals surface area contributed by atoms with E-state index in [9.17, 15) is 4.79 Å². The zero-order valence-electron chi connectivity index (χ0n) is 10.7. The Morgan fingerprint density at radius 1 is 1.13 bits per heavy atom. The average molecular weight is 213 g/mol. The van der Waals surface area contributed by atoms with E-state index < -0.39 is 0 Å². The fourth-order valence-electron chi connectivity index (χ4n) is 1.95. The molecule has 90 valence electrons. The zero-order chi connectivity index (χ0) is 11.8. The van der Waals surface area contributed by atoms with Crippen LogP contribution in [0.25, 0.3) is 0 Å². The summed E-state index contributed by atoms with van der Waals surface area (Å²) >= 11 is 0. The number of hydrogen-bond acceptors (Lipinski definition) is 2. The van der Waals surface area contributed by atoms with Crippen LogP contribution in [0.15, 0.2) is 0 Å². The quantitative estimate of drug-likeness (QED) is 0.717. The molecular weight excluding hydrogens is 186 g/mol. The minimum absolute atomic E-state index is 0.296. The molecule has 0 aromatic rings. The van der Waals surface area contributed by atoms with Crippen LogP contribution in [-0.2, 0) is 4.79 Å². The Balaban J connectivity index is 0.000000336. The first-order valence-electron chi connectivity index (χ1n) is 6.18. The van der Waals surface area contributed by atoms with E-state index in [1.807, 2.05) is 0 Å². The number of rotatable bonds is 2. The van der Waals surface area contributed by atoms with Gasteiger partial charge in [-0.1, -0.05) is 33.6 Å². The van der Waals surface area contributed by atoms with Gasteiger partial charge in [0.15, 0.2) is 0 Å². The second-order valence-corrected chi connectivity index (χ2v) is 5.26. The highest BCUT2D eigenvalue weighted by molar-refractivity contribution is 5.55. The van der Waals surface area contributed by atoms with Crippen molar-refractivity contribution in [3.05, 3.63) is 0 Å². The first kappa shape index (κ1) is 14.6. The van der Waals surface area contributed by atoms with E-state index in [1.54, 1.807) is 6.92 Å². The largest absolute Gasteiger partial charge is 0.322 e. The van der Waals surface area contributed by atoms with Crippen LogP contribution in [0.3, 0.4) is 0 Å². The molecule has 2 N–H and O–H groups in total. The van der Waals surface area contributed by atoms with E-state index in [1.165, 1.54) is 25.7 Å². The Labute approximate surface area is 94.6 Å². The van der Waals surface area contributed by atoms with Crippen LogP contribution in [0.4, 0.5) is 0 Å². The lowest BCUT2D eigenvalue weighted by Crippen LogP contribution is -2.16. The lowest BCUT2D eigenvalue weighted by atomic mass is 9.78. The summed E-state index contributed by atoms with van der Waals surface area (Å²) in [5, 5.41) is 0. The maximum absolute atomic E-state index is 9.38. The van der Waals surface area contributed by atoms with Crippen LogP contribution >= 0.6 is 0 Å². The van der Waals surface area contributed by atoms with Gasteiger partial charge in [-0.05, 0) is 37.5 Å². The third-order valence-corrected chi connectivity index (χ3v) is 3.22. The summed E-state index contributed by atoms with van der Waals surface area (Å²) in [6, 6.07) is -0.296. The van der Waals surface area contributed by atoms with E-state index in [0.717, 1.165) is 17.8 Å². The SMILES string of the molecule is CC(N)C=O.CC1CCC(C(C)C)CC1. The number of carbonyl (C=O) groups is 1. The van der Waals surface area contributed by atoms with Crippen molar-refractivity contribution in [1.82, 2.24) is 0 Å². The normalized spacial score (nSPS) is 27.9. The molecule has 0 aromatic heterocycles. The van der Waals surface area contributed by atoms with Gasteiger partial charge < -0.3 is 10.5 Å². The molecule has 1 atom stereocenters. The Kier molecular flexibility index (Phi) is 7.67. The van der Waals surface area contributed by atoms with Crippen molar-refractivity contribution in [1.29, 1.82) is 0 Å². The second kappa shape index (κ2) is 7.86. The van der Waals surface area contributed by atoms with Crippen molar-refractivity contribution >= 4 is 6.29 Å². The lowest BCUT2D eigenvalue weighted by Gasteiger charge is -2.28. The van der Waals surface area contributed by atoms with Crippen LogP contribution < -0.4 is 5.73 Å². The summed E-state index contributed by atoms with van der Waals surface area (Å²) in [5.41, 5.74) is 4.92. The Morgan fingerprint density at radius 2 is 1.53 bits per heavy atom. The molecule has 2 nitrogen and oxygen atoms in total. The molecule has 15 heavy (non-hydrogen) atoms. The summed E-state index contributed by atoms with van der Waals surface area (Å²) in [7, 11) is 0. The summed E-state index contributed by atoms with van der Waals surface area (Å²) < 4.78 is 0. The first-order valence-corrected chi connectivity index (χ1v) is 6.18. The standard InChI is InChI=1S/C10H20.C3H7NO/c1-8(2)10-6-4-9(3)5-7-10;1-3(4)2-5/h8-10H,4-7H2,1-3H3;2-3H,4H2,1H3. The lowest BCUT2D eigenvalue weighted by molar-refractivity contribution is -0.108. The molecule has 1 fully saturated rings. The van der Waals surface area contributed by atoms with Gasteiger partial charge in [0.1, 0.15) is 6.29 Å². The fraction of sp³-hybridized carbons (Fsp3) is 0.923. The van der Waals surface area contributed by atoms with E-state index in [0.29, 0.717) is 6.29 Å². The van der Waals surface area contributed by atoms with Gasteiger partial charge in [-0.3, -0.25) is 0 Å². The molecule has 1 aliphatic rings. The van der Waals surface area contributed by atoms with E-state index in [2.05, 4.69) is 20.8 Å². The molecule has 0 saturated heterocycles. The minimum atomic E-state index is -0.296. The molecule has 2 heteroatoms. The number of carbonyl (C=O) groups excluding carboxylic acids is 1. The Hall–Kier alpha value is -0.370. The van der Waals surface area contributed by atoms with Crippen molar-refractivity contribution in [2.24, 2.45) is 23.5 Å². The summed E-state index contributed by atoms with van der Waals surface area (Å²) in [6.07, 6.45) is 6.61. The number of nitrogens with two attached hydrogens (primary N) is 1. The molecular formula is C13H27NO. The molecule has 0 amide bonds. The predicted molar refractivity (Wildman–Crippen MR) is 65.7 cm³/mol. The maximum atomic E-state index is 9.38. The minimum Gasteiger partial charge on any atom is -0.322 e. The molecule has 1 unspecified atom stereocenters. The van der Waals surface area contributed by atoms with Gasteiger partial charge in [0.25, 0.3) is 0 Å². The third kappa shape index (κ3) is 7.55. The highest BCUT2D eigenvalue weighted by atomic mass is 16.1. The van der Waals surface area contributed by atoms with Gasteiger partial charge in [-0.25, -0.2) is 0 Å². The number of hydrogen-bond donors (Lipinski definition) is 1. The topological polar surface area (TPSA) is 43.1 Å².